The maximum Gasteiger partial charge on any atom is 0.224 e. The van der Waals surface area contributed by atoms with E-state index in [1.54, 1.807) is 24.7 Å². The van der Waals surface area contributed by atoms with Crippen LogP contribution in [0.2, 0.25) is 0 Å². The van der Waals surface area contributed by atoms with Crippen molar-refractivity contribution in [2.75, 3.05) is 17.3 Å². The molecule has 0 atom stereocenters. The van der Waals surface area contributed by atoms with Gasteiger partial charge in [-0.15, -0.1) is 0 Å². The lowest BCUT2D eigenvalue weighted by Crippen LogP contribution is -2.19. The molecule has 6 aromatic rings. The molecule has 1 amide bonds. The Balaban J connectivity index is 1.34. The van der Waals surface area contributed by atoms with Crippen LogP contribution < -0.4 is 5.32 Å². The summed E-state index contributed by atoms with van der Waals surface area (Å²) < 4.78 is 38.0. The van der Waals surface area contributed by atoms with Gasteiger partial charge in [0.15, 0.2) is 11.5 Å². The first-order valence-electron chi connectivity index (χ1n) is 14.4. The molecule has 6 rings (SSSR count). The lowest BCUT2D eigenvalue weighted by molar-refractivity contribution is -0.117. The Bertz CT molecular complexity index is 2180. The van der Waals surface area contributed by atoms with Gasteiger partial charge in [0.1, 0.15) is 21.3 Å². The van der Waals surface area contributed by atoms with Crippen molar-refractivity contribution >= 4 is 43.5 Å². The molecule has 4 heterocycles. The number of pyridine rings is 2. The third-order valence-corrected chi connectivity index (χ3v) is 8.18. The Morgan fingerprint density at radius 2 is 1.80 bits per heavy atom. The molecular weight excluding hydrogens is 593 g/mol. The number of carbonyl (C=O) groups is 1. The summed E-state index contributed by atoms with van der Waals surface area (Å²) in [7, 11) is -3.20. The number of sulfone groups is 1. The lowest BCUT2D eigenvalue weighted by atomic mass is 9.92. The zero-order valence-corrected chi connectivity index (χ0v) is 26.1. The number of aryl methyl sites for hydroxylation is 1. The quantitative estimate of drug-likeness (QED) is 0.179. The zero-order valence-electron chi connectivity index (χ0n) is 25.3. The third kappa shape index (κ3) is 6.91. The van der Waals surface area contributed by atoms with Crippen LogP contribution in [0, 0.1) is 11.2 Å². The van der Waals surface area contributed by atoms with Gasteiger partial charge in [-0.25, -0.2) is 22.8 Å². The van der Waals surface area contributed by atoms with E-state index in [2.05, 4.69) is 30.5 Å². The number of nitrogens with one attached hydrogen (secondary N) is 3. The molecular formula is C33H32FN7O3S. The van der Waals surface area contributed by atoms with Gasteiger partial charge in [0, 0.05) is 41.8 Å². The molecule has 0 spiro atoms. The Morgan fingerprint density at radius 1 is 1.00 bits per heavy atom. The van der Waals surface area contributed by atoms with Gasteiger partial charge in [0.25, 0.3) is 0 Å². The van der Waals surface area contributed by atoms with Gasteiger partial charge in [0.05, 0.1) is 34.1 Å². The molecule has 45 heavy (non-hydrogen) atoms. The highest BCUT2D eigenvalue weighted by molar-refractivity contribution is 7.90. The summed E-state index contributed by atoms with van der Waals surface area (Å²) in [6.07, 6.45) is 6.78. The second-order valence-corrected chi connectivity index (χ2v) is 14.7. The lowest BCUT2D eigenvalue weighted by Gasteiger charge is -2.17. The van der Waals surface area contributed by atoms with Crippen LogP contribution in [0.4, 0.5) is 10.1 Å². The van der Waals surface area contributed by atoms with Crippen LogP contribution in [-0.2, 0) is 21.1 Å². The van der Waals surface area contributed by atoms with Crippen molar-refractivity contribution in [3.05, 3.63) is 78.5 Å². The Morgan fingerprint density at radius 3 is 2.58 bits per heavy atom. The highest BCUT2D eigenvalue weighted by Crippen LogP contribution is 2.33. The molecule has 0 radical (unpaired) electrons. The van der Waals surface area contributed by atoms with Crippen LogP contribution in [0.25, 0.3) is 55.8 Å². The second kappa shape index (κ2) is 11.5. The van der Waals surface area contributed by atoms with Gasteiger partial charge in [-0.3, -0.25) is 14.9 Å². The fraction of sp³-hybridized carbons (Fsp3) is 0.242. The summed E-state index contributed by atoms with van der Waals surface area (Å²) in [6.45, 7) is 6.03. The number of halogens is 1. The number of H-pyrrole nitrogens is 2. The summed E-state index contributed by atoms with van der Waals surface area (Å²) in [5, 5.41) is 11.1. The van der Waals surface area contributed by atoms with Gasteiger partial charge in [-0.1, -0.05) is 39.0 Å². The standard InChI is InChI=1S/C33H32FN7O3S/c1-33(2,3)15-28(42)37-24-13-21(16-35-18-24)22-14-26-30(40-41-31(26)36-17-22)32-38-27-7-5-6-25(29(27)39-32)20-10-19(11-23(34)12-20)8-9-45(4,43)44/h5-7,10-14,16-18H,8-9,15H2,1-4H3,(H,37,42)(H,38,39)(H,36,40,41). The van der Waals surface area contributed by atoms with E-state index in [0.29, 0.717) is 51.5 Å². The van der Waals surface area contributed by atoms with Crippen molar-refractivity contribution in [1.29, 1.82) is 0 Å². The number of aromatic nitrogens is 6. The predicted octanol–water partition coefficient (Wildman–Crippen LogP) is 6.33. The van der Waals surface area contributed by atoms with Crippen molar-refractivity contribution in [3.63, 3.8) is 0 Å². The highest BCUT2D eigenvalue weighted by atomic mass is 32.2. The van der Waals surface area contributed by atoms with E-state index in [9.17, 15) is 17.6 Å². The number of anilines is 1. The number of fused-ring (bicyclic) bond motifs is 2. The number of benzene rings is 2. The summed E-state index contributed by atoms with van der Waals surface area (Å²) in [4.78, 5) is 29.6. The molecule has 4 aromatic heterocycles. The number of nitrogens with zero attached hydrogens (tertiary/aromatic N) is 4. The molecule has 0 saturated carbocycles. The molecule has 0 aliphatic carbocycles. The summed E-state index contributed by atoms with van der Waals surface area (Å²) >= 11 is 0. The van der Waals surface area contributed by atoms with E-state index >= 15 is 0 Å². The van der Waals surface area contributed by atoms with Gasteiger partial charge in [0.2, 0.25) is 5.91 Å². The maximum absolute atomic E-state index is 14.6. The van der Waals surface area contributed by atoms with Crippen LogP contribution in [0.1, 0.15) is 32.8 Å². The van der Waals surface area contributed by atoms with E-state index in [0.717, 1.165) is 22.0 Å². The Kier molecular flexibility index (Phi) is 7.69. The first kappa shape index (κ1) is 30.1. The molecule has 12 heteroatoms. The number of carbonyl (C=O) groups excluding carboxylic acids is 1. The number of amides is 1. The number of rotatable bonds is 8. The van der Waals surface area contributed by atoms with E-state index in [-0.39, 0.29) is 23.5 Å². The summed E-state index contributed by atoms with van der Waals surface area (Å²) in [5.74, 6) is -0.0789. The molecule has 0 unspecified atom stereocenters. The topological polar surface area (TPSA) is 146 Å². The molecule has 0 saturated heterocycles. The highest BCUT2D eigenvalue weighted by Gasteiger charge is 2.18. The number of hydrogen-bond donors (Lipinski definition) is 3. The average molecular weight is 626 g/mol. The summed E-state index contributed by atoms with van der Waals surface area (Å²) in [6, 6.07) is 14.0. The van der Waals surface area contributed by atoms with Crippen molar-refractivity contribution in [2.24, 2.45) is 5.41 Å². The maximum atomic E-state index is 14.6. The molecule has 0 fully saturated rings. The number of hydrogen-bond acceptors (Lipinski definition) is 7. The predicted molar refractivity (Wildman–Crippen MR) is 174 cm³/mol. The van der Waals surface area contributed by atoms with Crippen LogP contribution >= 0.6 is 0 Å². The molecule has 230 valence electrons. The Hall–Kier alpha value is -4.97. The smallest absolute Gasteiger partial charge is 0.224 e. The molecule has 0 bridgehead atoms. The first-order valence-corrected chi connectivity index (χ1v) is 16.4. The van der Waals surface area contributed by atoms with Crippen LogP contribution in [0.15, 0.2) is 67.1 Å². The fourth-order valence-corrected chi connectivity index (χ4v) is 5.83. The largest absolute Gasteiger partial charge is 0.337 e. The van der Waals surface area contributed by atoms with Crippen molar-refractivity contribution in [2.45, 2.75) is 33.6 Å². The van der Waals surface area contributed by atoms with Crippen molar-refractivity contribution in [1.82, 2.24) is 30.1 Å². The molecule has 2 aromatic carbocycles. The molecule has 3 N–H and O–H groups in total. The SMILES string of the molecule is CC(C)(C)CC(=O)Nc1cncc(-c2cnc3n[nH]c(-c4nc5c(-c6cc(F)cc(CCS(C)(=O)=O)c6)cccc5[nH]4)c3c2)c1. The van der Waals surface area contributed by atoms with Crippen molar-refractivity contribution < 1.29 is 17.6 Å². The monoisotopic (exact) mass is 625 g/mol. The van der Waals surface area contributed by atoms with E-state index < -0.39 is 15.7 Å². The minimum absolute atomic E-state index is 0.0677. The summed E-state index contributed by atoms with van der Waals surface area (Å²) in [5.41, 5.74) is 6.38. The minimum atomic E-state index is -3.20. The zero-order chi connectivity index (χ0) is 31.9. The number of aromatic amines is 2. The van der Waals surface area contributed by atoms with Crippen LogP contribution in [0.3, 0.4) is 0 Å². The van der Waals surface area contributed by atoms with Gasteiger partial charge in [-0.05, 0) is 53.3 Å². The average Bonchev–Trinajstić information content (AvgIpc) is 3.58. The molecule has 10 nitrogen and oxygen atoms in total. The Labute approximate surface area is 259 Å². The second-order valence-electron chi connectivity index (χ2n) is 12.5. The van der Waals surface area contributed by atoms with Gasteiger partial charge >= 0.3 is 0 Å². The molecule has 0 aliphatic rings. The minimum Gasteiger partial charge on any atom is -0.337 e. The number of imidazole rings is 1. The van der Waals surface area contributed by atoms with Gasteiger partial charge < -0.3 is 10.3 Å². The molecule has 0 aliphatic heterocycles. The normalized spacial score (nSPS) is 12.2. The van der Waals surface area contributed by atoms with E-state index in [1.165, 1.54) is 18.4 Å². The van der Waals surface area contributed by atoms with Crippen LogP contribution in [0.5, 0.6) is 0 Å². The fourth-order valence-electron chi connectivity index (χ4n) is 5.23. The van der Waals surface area contributed by atoms with Gasteiger partial charge in [-0.2, -0.15) is 5.10 Å². The van der Waals surface area contributed by atoms with Crippen molar-refractivity contribution in [3.8, 4) is 33.8 Å². The third-order valence-electron chi connectivity index (χ3n) is 7.24. The van der Waals surface area contributed by atoms with E-state index in [1.807, 2.05) is 51.1 Å². The van der Waals surface area contributed by atoms with E-state index in [4.69, 9.17) is 4.98 Å². The first-order chi connectivity index (χ1) is 21.3. The van der Waals surface area contributed by atoms with Crippen LogP contribution in [-0.4, -0.2) is 56.5 Å². The number of para-hydroxylation sites is 1.